The lowest BCUT2D eigenvalue weighted by molar-refractivity contribution is -0.134. The molecular weight excluding hydrogens is 352 g/mol. The van der Waals surface area contributed by atoms with Crippen LogP contribution in [0.15, 0.2) is 36.5 Å². The first-order valence-corrected chi connectivity index (χ1v) is 8.89. The van der Waals surface area contributed by atoms with Gasteiger partial charge in [0.1, 0.15) is 11.1 Å². The highest BCUT2D eigenvalue weighted by molar-refractivity contribution is 6.32. The number of hydrogen-bond acceptors (Lipinski definition) is 5. The Hall–Kier alpha value is -2.38. The van der Waals surface area contributed by atoms with E-state index in [1.165, 1.54) is 0 Å². The molecule has 2 heterocycles. The highest BCUT2D eigenvalue weighted by atomic mass is 35.5. The van der Waals surface area contributed by atoms with Gasteiger partial charge in [0.05, 0.1) is 11.9 Å². The summed E-state index contributed by atoms with van der Waals surface area (Å²) in [6.07, 6.45) is 1.65. The van der Waals surface area contributed by atoms with E-state index in [1.807, 2.05) is 30.3 Å². The van der Waals surface area contributed by atoms with Gasteiger partial charge in [-0.1, -0.05) is 41.9 Å². The summed E-state index contributed by atoms with van der Waals surface area (Å²) in [6.45, 7) is 2.88. The summed E-state index contributed by atoms with van der Waals surface area (Å²) < 4.78 is 0. The fourth-order valence-corrected chi connectivity index (χ4v) is 3.43. The van der Waals surface area contributed by atoms with Crippen molar-refractivity contribution in [3.05, 3.63) is 52.6 Å². The number of carbonyl (C=O) groups excluding carboxylic acids is 1. The molecule has 8 heteroatoms. The molecule has 2 aromatic rings. The van der Waals surface area contributed by atoms with Crippen LogP contribution >= 0.6 is 11.6 Å². The minimum absolute atomic E-state index is 0.0760. The van der Waals surface area contributed by atoms with Crippen LogP contribution in [0.4, 0.5) is 5.69 Å². The van der Waals surface area contributed by atoms with Crippen LogP contribution in [-0.4, -0.2) is 66.2 Å². The predicted octanol–water partition coefficient (Wildman–Crippen LogP) is 1.49. The largest absolute Gasteiger partial charge is 0.366 e. The zero-order valence-electron chi connectivity index (χ0n) is 14.9. The van der Waals surface area contributed by atoms with E-state index in [1.54, 1.807) is 25.2 Å². The van der Waals surface area contributed by atoms with Gasteiger partial charge in [0.15, 0.2) is 5.49 Å². The fourth-order valence-electron chi connectivity index (χ4n) is 3.22. The van der Waals surface area contributed by atoms with Crippen molar-refractivity contribution >= 4 is 23.2 Å². The van der Waals surface area contributed by atoms with Crippen molar-refractivity contribution in [1.29, 1.82) is 5.41 Å². The Balaban J connectivity index is 1.79. The number of piperazine rings is 1. The van der Waals surface area contributed by atoms with E-state index >= 15 is 0 Å². The number of nitrogens with zero attached hydrogens (tertiary/aromatic N) is 4. The quantitative estimate of drug-likeness (QED) is 0.849. The number of halogens is 1. The van der Waals surface area contributed by atoms with E-state index < -0.39 is 0 Å². The number of benzene rings is 1. The van der Waals surface area contributed by atoms with E-state index in [9.17, 15) is 4.79 Å². The number of anilines is 1. The van der Waals surface area contributed by atoms with Crippen LogP contribution in [0.25, 0.3) is 0 Å². The Morgan fingerprint density at radius 1 is 1.23 bits per heavy atom. The van der Waals surface area contributed by atoms with Crippen LogP contribution in [0.5, 0.6) is 0 Å². The van der Waals surface area contributed by atoms with Crippen LogP contribution in [0, 0.1) is 5.41 Å². The van der Waals surface area contributed by atoms with E-state index in [2.05, 4.69) is 20.0 Å². The molecule has 1 saturated heterocycles. The highest BCUT2D eigenvalue weighted by Crippen LogP contribution is 2.27. The van der Waals surface area contributed by atoms with Crippen molar-refractivity contribution < 1.29 is 4.79 Å². The monoisotopic (exact) mass is 374 g/mol. The van der Waals surface area contributed by atoms with E-state index in [-0.39, 0.29) is 17.4 Å². The number of likely N-dealkylation sites (N-methyl/N-ethyl adjacent to an activating group) is 1. The summed E-state index contributed by atoms with van der Waals surface area (Å²) >= 11 is 6.24. The van der Waals surface area contributed by atoms with Crippen molar-refractivity contribution in [3.8, 4) is 0 Å². The Morgan fingerprint density at radius 2 is 1.88 bits per heavy atom. The van der Waals surface area contributed by atoms with Crippen LogP contribution in [0.1, 0.15) is 11.6 Å². The van der Waals surface area contributed by atoms with Gasteiger partial charge in [-0.2, -0.15) is 5.10 Å². The molecular formula is C18H23ClN6O. The number of aromatic nitrogens is 2. The summed E-state index contributed by atoms with van der Waals surface area (Å²) in [5.74, 6) is 0.0760. The molecule has 1 amide bonds. The van der Waals surface area contributed by atoms with E-state index in [0.29, 0.717) is 5.02 Å². The number of H-pyrrole nitrogens is 1. The molecule has 1 aromatic carbocycles. The van der Waals surface area contributed by atoms with Crippen molar-refractivity contribution in [2.24, 2.45) is 0 Å². The molecule has 1 atom stereocenters. The maximum absolute atomic E-state index is 12.8. The van der Waals surface area contributed by atoms with E-state index in [0.717, 1.165) is 37.4 Å². The maximum atomic E-state index is 12.8. The fraction of sp³-hybridized carbons (Fsp3) is 0.389. The minimum atomic E-state index is -0.294. The zero-order valence-corrected chi connectivity index (χ0v) is 15.7. The molecule has 26 heavy (non-hydrogen) atoms. The van der Waals surface area contributed by atoms with Crippen molar-refractivity contribution in [2.45, 2.75) is 6.04 Å². The molecule has 0 spiro atoms. The second kappa shape index (κ2) is 7.88. The van der Waals surface area contributed by atoms with Gasteiger partial charge in [0.25, 0.3) is 0 Å². The topological polar surface area (TPSA) is 79.3 Å². The number of hydrogen-bond donors (Lipinski definition) is 2. The summed E-state index contributed by atoms with van der Waals surface area (Å²) in [4.78, 5) is 18.8. The minimum Gasteiger partial charge on any atom is -0.366 e. The number of rotatable bonds is 4. The van der Waals surface area contributed by atoms with Gasteiger partial charge in [-0.05, 0) is 5.56 Å². The molecule has 1 aromatic heterocycles. The van der Waals surface area contributed by atoms with Gasteiger partial charge >= 0.3 is 0 Å². The molecule has 138 valence electrons. The van der Waals surface area contributed by atoms with Gasteiger partial charge in [-0.25, -0.2) is 0 Å². The molecule has 2 N–H and O–H groups in total. The maximum Gasteiger partial charge on any atom is 0.244 e. The van der Waals surface area contributed by atoms with Crippen LogP contribution < -0.4 is 10.4 Å². The second-order valence-corrected chi connectivity index (χ2v) is 6.89. The van der Waals surface area contributed by atoms with Gasteiger partial charge in [-0.3, -0.25) is 20.2 Å². The predicted molar refractivity (Wildman–Crippen MR) is 101 cm³/mol. The third-order valence-corrected chi connectivity index (χ3v) is 5.00. The van der Waals surface area contributed by atoms with Gasteiger partial charge in [-0.15, -0.1) is 0 Å². The third-order valence-electron chi connectivity index (χ3n) is 4.62. The molecule has 1 unspecified atom stereocenters. The van der Waals surface area contributed by atoms with Crippen molar-refractivity contribution in [3.63, 3.8) is 0 Å². The summed E-state index contributed by atoms with van der Waals surface area (Å²) in [5, 5.41) is 14.7. The van der Waals surface area contributed by atoms with Crippen molar-refractivity contribution in [2.75, 3.05) is 45.2 Å². The van der Waals surface area contributed by atoms with E-state index in [4.69, 9.17) is 17.0 Å². The zero-order chi connectivity index (χ0) is 18.7. The molecule has 0 bridgehead atoms. The number of amides is 1. The summed E-state index contributed by atoms with van der Waals surface area (Å²) in [5.41, 5.74) is 1.86. The Bertz CT molecular complexity index is 814. The Kier molecular flexibility index (Phi) is 5.58. The standard InChI is InChI=1S/C18H23ClN6O/c1-23(2)18(26)16(13-6-4-3-5-7-13)25-10-8-24(9-11-25)14-12-21-22-17(20)15(14)19/h3-7,12,16H,8-11H2,1-2H3,(H2,20,22). The molecule has 0 radical (unpaired) electrons. The van der Waals surface area contributed by atoms with Gasteiger partial charge in [0, 0.05) is 40.3 Å². The van der Waals surface area contributed by atoms with Gasteiger partial charge in [0.2, 0.25) is 5.91 Å². The molecule has 1 aliphatic rings. The first kappa shape index (κ1) is 18.4. The normalized spacial score (nSPS) is 16.3. The van der Waals surface area contributed by atoms with Crippen LogP contribution in [0.2, 0.25) is 5.02 Å². The lowest BCUT2D eigenvalue weighted by Crippen LogP contribution is -2.51. The third kappa shape index (κ3) is 3.73. The molecule has 0 saturated carbocycles. The SMILES string of the molecule is CN(C)C(=O)C(c1ccccc1)N1CCN(c2cn[nH]c(=N)c2Cl)CC1. The molecule has 1 aliphatic heterocycles. The molecule has 0 aliphatic carbocycles. The first-order chi connectivity index (χ1) is 12.5. The van der Waals surface area contributed by atoms with Crippen molar-refractivity contribution in [1.82, 2.24) is 20.0 Å². The summed E-state index contributed by atoms with van der Waals surface area (Å²) in [7, 11) is 3.58. The van der Waals surface area contributed by atoms with Gasteiger partial charge < -0.3 is 9.80 Å². The Labute approximate surface area is 157 Å². The molecule has 3 rings (SSSR count). The highest BCUT2D eigenvalue weighted by Gasteiger charge is 2.31. The average molecular weight is 375 g/mol. The van der Waals surface area contributed by atoms with Crippen LogP contribution in [0.3, 0.4) is 0 Å². The summed E-state index contributed by atoms with van der Waals surface area (Å²) in [6, 6.07) is 9.58. The number of nitrogens with one attached hydrogen (secondary N) is 2. The van der Waals surface area contributed by atoms with Crippen LogP contribution in [-0.2, 0) is 4.79 Å². The second-order valence-electron chi connectivity index (χ2n) is 6.51. The number of aromatic amines is 1. The average Bonchev–Trinajstić information content (AvgIpc) is 2.65. The first-order valence-electron chi connectivity index (χ1n) is 8.52. The molecule has 1 fully saturated rings. The lowest BCUT2D eigenvalue weighted by Gasteiger charge is -2.40. The smallest absolute Gasteiger partial charge is 0.244 e. The molecule has 7 nitrogen and oxygen atoms in total. The number of carbonyl (C=O) groups is 1. The lowest BCUT2D eigenvalue weighted by atomic mass is 10.0. The Morgan fingerprint density at radius 3 is 2.50 bits per heavy atom.